The van der Waals surface area contributed by atoms with Gasteiger partial charge < -0.3 is 9.47 Å². The van der Waals surface area contributed by atoms with Gasteiger partial charge in [-0.1, -0.05) is 6.07 Å². The lowest BCUT2D eigenvalue weighted by Gasteiger charge is -2.34. The SMILES string of the molecule is Cc1cc(-c2cnc3c(C)cn(CC(=O)N4CC(F)C4)c3c2)ccc1F. The maximum absolute atomic E-state index is 13.5. The van der Waals surface area contributed by atoms with Gasteiger partial charge in [-0.2, -0.15) is 0 Å². The Kier molecular flexibility index (Phi) is 3.98. The highest BCUT2D eigenvalue weighted by Crippen LogP contribution is 2.27. The first-order valence-corrected chi connectivity index (χ1v) is 8.56. The average Bonchev–Trinajstić information content (AvgIpc) is 2.89. The van der Waals surface area contributed by atoms with Gasteiger partial charge in [-0.15, -0.1) is 0 Å². The van der Waals surface area contributed by atoms with Crippen molar-refractivity contribution in [3.63, 3.8) is 0 Å². The smallest absolute Gasteiger partial charge is 0.242 e. The molecule has 0 unspecified atom stereocenters. The number of halogens is 2. The molecule has 0 radical (unpaired) electrons. The van der Waals surface area contributed by atoms with Gasteiger partial charge in [-0.05, 0) is 48.7 Å². The second-order valence-corrected chi connectivity index (χ2v) is 6.89. The molecule has 1 fully saturated rings. The monoisotopic (exact) mass is 355 g/mol. The number of carbonyl (C=O) groups is 1. The molecule has 1 aliphatic heterocycles. The fraction of sp³-hybridized carbons (Fsp3) is 0.300. The van der Waals surface area contributed by atoms with E-state index in [1.807, 2.05) is 23.8 Å². The Morgan fingerprint density at radius 3 is 2.65 bits per heavy atom. The Labute approximate surface area is 150 Å². The van der Waals surface area contributed by atoms with E-state index in [1.165, 1.54) is 11.0 Å². The average molecular weight is 355 g/mol. The van der Waals surface area contributed by atoms with Crippen molar-refractivity contribution in [1.82, 2.24) is 14.5 Å². The van der Waals surface area contributed by atoms with Crippen LogP contribution < -0.4 is 0 Å². The molecule has 0 bridgehead atoms. The molecule has 134 valence electrons. The molecule has 0 atom stereocenters. The minimum absolute atomic E-state index is 0.0983. The van der Waals surface area contributed by atoms with Crippen molar-refractivity contribution >= 4 is 16.9 Å². The first kappa shape index (κ1) is 16.7. The third kappa shape index (κ3) is 2.85. The Bertz CT molecular complexity index is 1010. The molecule has 6 heteroatoms. The molecule has 4 nitrogen and oxygen atoms in total. The van der Waals surface area contributed by atoms with Crippen molar-refractivity contribution in [2.45, 2.75) is 26.6 Å². The van der Waals surface area contributed by atoms with Gasteiger partial charge in [0.25, 0.3) is 0 Å². The zero-order chi connectivity index (χ0) is 18.4. The number of nitrogens with zero attached hydrogens (tertiary/aromatic N) is 3. The van der Waals surface area contributed by atoms with Crippen molar-refractivity contribution in [2.75, 3.05) is 13.1 Å². The second-order valence-electron chi connectivity index (χ2n) is 6.89. The zero-order valence-electron chi connectivity index (χ0n) is 14.7. The highest BCUT2D eigenvalue weighted by atomic mass is 19.1. The summed E-state index contributed by atoms with van der Waals surface area (Å²) in [6.07, 6.45) is 2.75. The van der Waals surface area contributed by atoms with Crippen LogP contribution >= 0.6 is 0 Å². The number of rotatable bonds is 3. The van der Waals surface area contributed by atoms with E-state index in [4.69, 9.17) is 0 Å². The number of pyridine rings is 1. The van der Waals surface area contributed by atoms with Crippen molar-refractivity contribution < 1.29 is 13.6 Å². The minimum atomic E-state index is -0.905. The lowest BCUT2D eigenvalue weighted by atomic mass is 10.0. The fourth-order valence-electron chi connectivity index (χ4n) is 3.33. The number of likely N-dealkylation sites (tertiary alicyclic amines) is 1. The second kappa shape index (κ2) is 6.20. The van der Waals surface area contributed by atoms with Crippen LogP contribution in [0, 0.1) is 19.7 Å². The molecule has 1 saturated heterocycles. The number of amides is 1. The van der Waals surface area contributed by atoms with E-state index >= 15 is 0 Å². The van der Waals surface area contributed by atoms with E-state index in [9.17, 15) is 13.6 Å². The van der Waals surface area contributed by atoms with E-state index < -0.39 is 6.17 Å². The van der Waals surface area contributed by atoms with Crippen LogP contribution in [0.1, 0.15) is 11.1 Å². The molecule has 1 amide bonds. The third-order valence-corrected chi connectivity index (χ3v) is 4.89. The molecular formula is C20H19F2N3O. The van der Waals surface area contributed by atoms with Gasteiger partial charge in [-0.3, -0.25) is 9.78 Å². The topological polar surface area (TPSA) is 38.1 Å². The summed E-state index contributed by atoms with van der Waals surface area (Å²) in [6, 6.07) is 6.91. The number of carbonyl (C=O) groups excluding carboxylic acids is 1. The van der Waals surface area contributed by atoms with Crippen molar-refractivity contribution in [3.8, 4) is 11.1 Å². The van der Waals surface area contributed by atoms with Crippen LogP contribution in [0.25, 0.3) is 22.2 Å². The number of benzene rings is 1. The molecule has 0 N–H and O–H groups in total. The Hall–Kier alpha value is -2.76. The van der Waals surface area contributed by atoms with E-state index in [1.54, 1.807) is 25.3 Å². The summed E-state index contributed by atoms with van der Waals surface area (Å²) in [6.45, 7) is 4.18. The van der Waals surface area contributed by atoms with Gasteiger partial charge in [0.05, 0.1) is 24.1 Å². The lowest BCUT2D eigenvalue weighted by molar-refractivity contribution is -0.138. The summed E-state index contributed by atoms with van der Waals surface area (Å²) in [5.41, 5.74) is 4.95. The highest BCUT2D eigenvalue weighted by Gasteiger charge is 2.30. The minimum Gasteiger partial charge on any atom is -0.336 e. The summed E-state index contributed by atoms with van der Waals surface area (Å²) >= 11 is 0. The summed E-state index contributed by atoms with van der Waals surface area (Å²) in [7, 11) is 0. The van der Waals surface area contributed by atoms with Crippen LogP contribution in [0.4, 0.5) is 8.78 Å². The van der Waals surface area contributed by atoms with Crippen LogP contribution in [-0.2, 0) is 11.3 Å². The van der Waals surface area contributed by atoms with Gasteiger partial charge in [-0.25, -0.2) is 8.78 Å². The van der Waals surface area contributed by atoms with Crippen LogP contribution in [0.5, 0.6) is 0 Å². The number of fused-ring (bicyclic) bond motifs is 1. The van der Waals surface area contributed by atoms with Crippen LogP contribution in [-0.4, -0.2) is 39.6 Å². The molecule has 0 aliphatic carbocycles. The lowest BCUT2D eigenvalue weighted by Crippen LogP contribution is -2.52. The molecule has 3 aromatic rings. The maximum Gasteiger partial charge on any atom is 0.242 e. The first-order chi connectivity index (χ1) is 12.4. The molecule has 26 heavy (non-hydrogen) atoms. The maximum atomic E-state index is 13.5. The summed E-state index contributed by atoms with van der Waals surface area (Å²) in [4.78, 5) is 18.4. The highest BCUT2D eigenvalue weighted by molar-refractivity contribution is 5.86. The van der Waals surface area contributed by atoms with Crippen LogP contribution in [0.3, 0.4) is 0 Å². The van der Waals surface area contributed by atoms with E-state index in [-0.39, 0.29) is 31.4 Å². The third-order valence-electron chi connectivity index (χ3n) is 4.89. The largest absolute Gasteiger partial charge is 0.336 e. The van der Waals surface area contributed by atoms with E-state index in [2.05, 4.69) is 4.98 Å². The number of aromatic nitrogens is 2. The van der Waals surface area contributed by atoms with Gasteiger partial charge >= 0.3 is 0 Å². The molecule has 0 spiro atoms. The van der Waals surface area contributed by atoms with E-state index in [0.29, 0.717) is 5.56 Å². The molecule has 3 heterocycles. The number of aryl methyl sites for hydroxylation is 2. The van der Waals surface area contributed by atoms with Crippen molar-refractivity contribution in [1.29, 1.82) is 0 Å². The Morgan fingerprint density at radius 2 is 1.96 bits per heavy atom. The normalized spacial score (nSPS) is 14.7. The predicted octanol–water partition coefficient (Wildman–Crippen LogP) is 3.64. The van der Waals surface area contributed by atoms with Crippen molar-refractivity contribution in [2.24, 2.45) is 0 Å². The molecule has 1 aromatic carbocycles. The molecular weight excluding hydrogens is 336 g/mol. The standard InChI is InChI=1S/C20H19F2N3O/c1-12-5-14(3-4-17(12)22)15-6-18-20(23-7-15)13(2)8-24(18)11-19(26)25-9-16(21)10-25/h3-8,16H,9-11H2,1-2H3. The number of hydrogen-bond donors (Lipinski definition) is 0. The number of alkyl halides is 1. The quantitative estimate of drug-likeness (QED) is 0.719. The Morgan fingerprint density at radius 1 is 1.19 bits per heavy atom. The fourth-order valence-corrected chi connectivity index (χ4v) is 3.33. The summed E-state index contributed by atoms with van der Waals surface area (Å²) < 4.78 is 28.4. The first-order valence-electron chi connectivity index (χ1n) is 8.56. The van der Waals surface area contributed by atoms with E-state index in [0.717, 1.165) is 27.7 Å². The molecule has 1 aliphatic rings. The van der Waals surface area contributed by atoms with Crippen LogP contribution in [0.15, 0.2) is 36.7 Å². The molecule has 2 aromatic heterocycles. The van der Waals surface area contributed by atoms with Crippen molar-refractivity contribution in [3.05, 3.63) is 53.6 Å². The molecule has 4 rings (SSSR count). The molecule has 0 saturated carbocycles. The Balaban J connectivity index is 1.70. The predicted molar refractivity (Wildman–Crippen MR) is 96.1 cm³/mol. The van der Waals surface area contributed by atoms with Gasteiger partial charge in [0.15, 0.2) is 0 Å². The van der Waals surface area contributed by atoms with Gasteiger partial charge in [0, 0.05) is 18.0 Å². The van der Waals surface area contributed by atoms with Gasteiger partial charge in [0.1, 0.15) is 18.5 Å². The summed E-state index contributed by atoms with van der Waals surface area (Å²) in [5.74, 6) is -0.341. The van der Waals surface area contributed by atoms with Crippen LogP contribution in [0.2, 0.25) is 0 Å². The summed E-state index contributed by atoms with van der Waals surface area (Å²) in [5, 5.41) is 0. The zero-order valence-corrected chi connectivity index (χ0v) is 14.7. The number of hydrogen-bond acceptors (Lipinski definition) is 2. The van der Waals surface area contributed by atoms with Gasteiger partial charge in [0.2, 0.25) is 5.91 Å².